The summed E-state index contributed by atoms with van der Waals surface area (Å²) in [6.07, 6.45) is 3.09. The number of nitrogens with zero attached hydrogens (tertiary/aromatic N) is 4. The molecular formula is C16H14ClN5O3. The number of hydrogen-bond donors (Lipinski definition) is 2. The summed E-state index contributed by atoms with van der Waals surface area (Å²) in [6, 6.07) is 8.43. The third-order valence-corrected chi connectivity index (χ3v) is 3.59. The van der Waals surface area contributed by atoms with Crippen molar-refractivity contribution in [2.45, 2.75) is 6.54 Å². The van der Waals surface area contributed by atoms with Crippen LogP contribution in [0.4, 0.5) is 0 Å². The summed E-state index contributed by atoms with van der Waals surface area (Å²) < 4.78 is 7.19. The van der Waals surface area contributed by atoms with Gasteiger partial charge >= 0.3 is 0 Å². The number of rotatable bonds is 6. The van der Waals surface area contributed by atoms with Gasteiger partial charge in [0, 0.05) is 16.8 Å². The van der Waals surface area contributed by atoms with E-state index in [1.807, 2.05) is 0 Å². The van der Waals surface area contributed by atoms with Gasteiger partial charge in [-0.3, -0.25) is 4.79 Å². The first-order valence-corrected chi connectivity index (χ1v) is 7.68. The molecule has 0 unspecified atom stereocenters. The van der Waals surface area contributed by atoms with Crippen LogP contribution in [0.1, 0.15) is 10.5 Å². The lowest BCUT2D eigenvalue weighted by Gasteiger charge is -2.05. The van der Waals surface area contributed by atoms with Crippen LogP contribution in [-0.2, 0) is 6.54 Å². The fraction of sp³-hybridized carbons (Fsp3) is 0.125. The lowest BCUT2D eigenvalue weighted by molar-refractivity contribution is 0.0993. The number of ether oxygens (including phenoxy) is 1. The lowest BCUT2D eigenvalue weighted by Crippen LogP contribution is -2.13. The number of pyridine rings is 1. The van der Waals surface area contributed by atoms with Crippen molar-refractivity contribution < 1.29 is 14.6 Å². The van der Waals surface area contributed by atoms with Crippen molar-refractivity contribution in [3.8, 4) is 22.8 Å². The Morgan fingerprint density at radius 1 is 1.32 bits per heavy atom. The molecule has 0 atom stereocenters. The Bertz CT molecular complexity index is 895. The molecule has 0 fully saturated rings. The molecule has 2 aromatic heterocycles. The van der Waals surface area contributed by atoms with Gasteiger partial charge in [0.25, 0.3) is 5.91 Å². The highest BCUT2D eigenvalue weighted by atomic mass is 35.5. The number of carbonyl (C=O) groups is 1. The Morgan fingerprint density at radius 3 is 2.76 bits per heavy atom. The van der Waals surface area contributed by atoms with Gasteiger partial charge in [-0.25, -0.2) is 9.67 Å². The quantitative estimate of drug-likeness (QED) is 0.694. The number of primary amides is 1. The number of nitrogens with two attached hydrogens (primary N) is 1. The molecule has 3 aromatic rings. The molecule has 128 valence electrons. The van der Waals surface area contributed by atoms with Gasteiger partial charge in [-0.05, 0) is 30.3 Å². The summed E-state index contributed by atoms with van der Waals surface area (Å²) in [4.78, 5) is 14.9. The second-order valence-corrected chi connectivity index (χ2v) is 5.56. The largest absolute Gasteiger partial charge is 0.505 e. The monoisotopic (exact) mass is 359 g/mol. The average molecular weight is 360 g/mol. The van der Waals surface area contributed by atoms with Crippen molar-refractivity contribution in [2.75, 3.05) is 6.61 Å². The molecule has 1 aromatic carbocycles. The van der Waals surface area contributed by atoms with Crippen LogP contribution in [0, 0.1) is 0 Å². The minimum atomic E-state index is -0.799. The van der Waals surface area contributed by atoms with Gasteiger partial charge in [0.15, 0.2) is 5.69 Å². The van der Waals surface area contributed by atoms with Crippen molar-refractivity contribution >= 4 is 17.5 Å². The van der Waals surface area contributed by atoms with Crippen LogP contribution in [0.3, 0.4) is 0 Å². The first-order chi connectivity index (χ1) is 12.0. The Morgan fingerprint density at radius 2 is 2.08 bits per heavy atom. The third kappa shape index (κ3) is 4.04. The van der Waals surface area contributed by atoms with Crippen LogP contribution in [0.25, 0.3) is 11.3 Å². The highest BCUT2D eigenvalue weighted by Gasteiger charge is 2.12. The predicted molar refractivity (Wildman–Crippen MR) is 90.4 cm³/mol. The van der Waals surface area contributed by atoms with Crippen molar-refractivity contribution in [2.24, 2.45) is 5.73 Å². The molecule has 3 rings (SSSR count). The molecule has 0 bridgehead atoms. The van der Waals surface area contributed by atoms with Crippen molar-refractivity contribution in [1.29, 1.82) is 0 Å². The molecule has 2 heterocycles. The summed E-state index contributed by atoms with van der Waals surface area (Å²) >= 11 is 5.81. The molecule has 0 saturated carbocycles. The van der Waals surface area contributed by atoms with Crippen molar-refractivity contribution in [3.05, 3.63) is 53.4 Å². The van der Waals surface area contributed by atoms with E-state index in [1.54, 1.807) is 35.1 Å². The van der Waals surface area contributed by atoms with E-state index in [4.69, 9.17) is 22.1 Å². The first-order valence-electron chi connectivity index (χ1n) is 7.30. The molecule has 0 aliphatic rings. The zero-order chi connectivity index (χ0) is 17.8. The Hall–Kier alpha value is -3.13. The molecule has 0 radical (unpaired) electrons. The maximum atomic E-state index is 11.1. The number of benzene rings is 1. The summed E-state index contributed by atoms with van der Waals surface area (Å²) in [5.41, 5.74) is 5.94. The average Bonchev–Trinajstić information content (AvgIpc) is 3.05. The SMILES string of the molecule is NC(=O)c1ncc(-c2cn(CCOc3ccc(Cl)cc3)nn2)cc1O. The van der Waals surface area contributed by atoms with Gasteiger partial charge in [0.2, 0.25) is 0 Å². The number of amides is 1. The second kappa shape index (κ2) is 7.18. The van der Waals surface area contributed by atoms with Crippen LogP contribution in [-0.4, -0.2) is 37.6 Å². The number of aromatic hydroxyl groups is 1. The zero-order valence-electron chi connectivity index (χ0n) is 13.0. The molecule has 3 N–H and O–H groups in total. The Kier molecular flexibility index (Phi) is 4.80. The van der Waals surface area contributed by atoms with Crippen molar-refractivity contribution in [1.82, 2.24) is 20.0 Å². The molecular weight excluding hydrogens is 346 g/mol. The van der Waals surface area contributed by atoms with Gasteiger partial charge in [0.05, 0.1) is 12.7 Å². The van der Waals surface area contributed by atoms with Gasteiger partial charge < -0.3 is 15.6 Å². The summed E-state index contributed by atoms with van der Waals surface area (Å²) in [5.74, 6) is -0.390. The van der Waals surface area contributed by atoms with E-state index < -0.39 is 5.91 Å². The number of carbonyl (C=O) groups excluding carboxylic acids is 1. The number of halogens is 1. The Labute approximate surface area is 147 Å². The first kappa shape index (κ1) is 16.7. The van der Waals surface area contributed by atoms with Gasteiger partial charge in [-0.1, -0.05) is 16.8 Å². The number of hydrogen-bond acceptors (Lipinski definition) is 6. The fourth-order valence-electron chi connectivity index (χ4n) is 2.11. The highest BCUT2D eigenvalue weighted by molar-refractivity contribution is 6.30. The normalized spacial score (nSPS) is 10.6. The molecule has 0 saturated heterocycles. The van der Waals surface area contributed by atoms with E-state index in [2.05, 4.69) is 15.3 Å². The van der Waals surface area contributed by atoms with E-state index in [-0.39, 0.29) is 11.4 Å². The van der Waals surface area contributed by atoms with Crippen LogP contribution >= 0.6 is 11.6 Å². The Balaban J connectivity index is 1.63. The van der Waals surface area contributed by atoms with Crippen LogP contribution < -0.4 is 10.5 Å². The fourth-order valence-corrected chi connectivity index (χ4v) is 2.24. The topological polar surface area (TPSA) is 116 Å². The highest BCUT2D eigenvalue weighted by Crippen LogP contribution is 2.22. The van der Waals surface area contributed by atoms with Gasteiger partial charge in [-0.15, -0.1) is 5.10 Å². The van der Waals surface area contributed by atoms with E-state index in [0.717, 1.165) is 0 Å². The molecule has 1 amide bonds. The molecule has 0 aliphatic heterocycles. The molecule has 9 heteroatoms. The van der Waals surface area contributed by atoms with E-state index in [1.165, 1.54) is 12.3 Å². The zero-order valence-corrected chi connectivity index (χ0v) is 13.7. The maximum Gasteiger partial charge on any atom is 0.271 e. The van der Waals surface area contributed by atoms with Crippen LogP contribution in [0.15, 0.2) is 42.7 Å². The minimum Gasteiger partial charge on any atom is -0.505 e. The lowest BCUT2D eigenvalue weighted by atomic mass is 10.2. The standard InChI is InChI=1S/C16H14ClN5O3/c17-11-1-3-12(4-2-11)25-6-5-22-9-13(20-21-22)10-7-14(23)15(16(18)24)19-8-10/h1-4,7-9,23H,5-6H2,(H2,18,24). The second-order valence-electron chi connectivity index (χ2n) is 5.13. The van der Waals surface area contributed by atoms with Crippen molar-refractivity contribution in [3.63, 3.8) is 0 Å². The van der Waals surface area contributed by atoms with Crippen LogP contribution in [0.2, 0.25) is 5.02 Å². The van der Waals surface area contributed by atoms with Gasteiger partial charge in [0.1, 0.15) is 23.8 Å². The summed E-state index contributed by atoms with van der Waals surface area (Å²) in [7, 11) is 0. The van der Waals surface area contributed by atoms with E-state index in [0.29, 0.717) is 35.2 Å². The smallest absolute Gasteiger partial charge is 0.271 e. The predicted octanol–water partition coefficient (Wildman–Crippen LogP) is 1.88. The maximum absolute atomic E-state index is 11.1. The van der Waals surface area contributed by atoms with Gasteiger partial charge in [-0.2, -0.15) is 0 Å². The third-order valence-electron chi connectivity index (χ3n) is 3.34. The molecule has 25 heavy (non-hydrogen) atoms. The van der Waals surface area contributed by atoms with E-state index in [9.17, 15) is 9.90 Å². The van der Waals surface area contributed by atoms with Crippen LogP contribution in [0.5, 0.6) is 11.5 Å². The number of aromatic nitrogens is 4. The molecule has 0 spiro atoms. The minimum absolute atomic E-state index is 0.187. The molecule has 8 nitrogen and oxygen atoms in total. The summed E-state index contributed by atoms with van der Waals surface area (Å²) in [6.45, 7) is 0.878. The summed E-state index contributed by atoms with van der Waals surface area (Å²) in [5, 5.41) is 18.4. The van der Waals surface area contributed by atoms with E-state index >= 15 is 0 Å². The molecule has 0 aliphatic carbocycles.